The average molecular weight is 182 g/mol. The fraction of sp³-hybridized carbons (Fsp3) is 0.800. The van der Waals surface area contributed by atoms with Crippen LogP contribution in [0, 0.1) is 11.5 Å². The zero-order chi connectivity index (χ0) is 9.41. The Bertz CT molecular complexity index is 222. The molecule has 1 saturated heterocycles. The van der Waals surface area contributed by atoms with Gasteiger partial charge in [-0.1, -0.05) is 39.8 Å². The molecule has 0 spiro atoms. The van der Waals surface area contributed by atoms with E-state index in [1.165, 1.54) is 0 Å². The Balaban J connectivity index is 2.65. The van der Waals surface area contributed by atoms with Crippen LogP contribution in [0.1, 0.15) is 20.8 Å². The van der Waals surface area contributed by atoms with Gasteiger partial charge >= 0.3 is 0 Å². The third-order valence-electron chi connectivity index (χ3n) is 2.75. The van der Waals surface area contributed by atoms with E-state index in [2.05, 4.69) is 45.3 Å². The molecular formula is C10H18OSi. The van der Waals surface area contributed by atoms with E-state index in [0.717, 1.165) is 6.61 Å². The molecule has 0 aromatic rings. The first-order valence-corrected chi connectivity index (χ1v) is 7.47. The molecule has 1 rings (SSSR count). The lowest BCUT2D eigenvalue weighted by Gasteiger charge is -2.31. The number of hydrogen-bond donors (Lipinski definition) is 0. The van der Waals surface area contributed by atoms with Crippen molar-refractivity contribution in [2.75, 3.05) is 6.61 Å². The fourth-order valence-electron chi connectivity index (χ4n) is 0.580. The molecule has 2 heteroatoms. The predicted octanol–water partition coefficient (Wildman–Crippen LogP) is 2.44. The van der Waals surface area contributed by atoms with Crippen LogP contribution in [0.15, 0.2) is 0 Å². The Morgan fingerprint density at radius 1 is 1.33 bits per heavy atom. The highest BCUT2D eigenvalue weighted by atomic mass is 28.3. The van der Waals surface area contributed by atoms with E-state index in [4.69, 9.17) is 4.74 Å². The monoisotopic (exact) mass is 182 g/mol. The highest BCUT2D eigenvalue weighted by Crippen LogP contribution is 2.35. The quantitative estimate of drug-likeness (QED) is 0.318. The molecule has 0 aliphatic carbocycles. The molecule has 1 heterocycles. The molecule has 1 nitrogen and oxygen atoms in total. The van der Waals surface area contributed by atoms with Gasteiger partial charge in [0.2, 0.25) is 0 Å². The smallest absolute Gasteiger partial charge is 0.141 e. The maximum atomic E-state index is 5.07. The topological polar surface area (TPSA) is 12.5 Å². The first kappa shape index (κ1) is 9.82. The molecule has 0 N–H and O–H groups in total. The molecule has 1 aliphatic heterocycles. The van der Waals surface area contributed by atoms with Crippen molar-refractivity contribution in [3.8, 4) is 11.5 Å². The van der Waals surface area contributed by atoms with Crippen LogP contribution in [-0.4, -0.2) is 20.8 Å². The molecule has 0 aromatic heterocycles. The molecule has 0 aromatic carbocycles. The molecule has 0 unspecified atom stereocenters. The summed E-state index contributed by atoms with van der Waals surface area (Å²) in [4.78, 5) is 0. The third-order valence-corrected chi connectivity index (χ3v) is 7.27. The molecule has 0 saturated carbocycles. The van der Waals surface area contributed by atoms with E-state index >= 15 is 0 Å². The Morgan fingerprint density at radius 3 is 2.17 bits per heavy atom. The van der Waals surface area contributed by atoms with Crippen LogP contribution in [0.25, 0.3) is 0 Å². The van der Waals surface area contributed by atoms with Gasteiger partial charge in [0.1, 0.15) is 14.2 Å². The lowest BCUT2D eigenvalue weighted by atomic mass is 10.2. The summed E-state index contributed by atoms with van der Waals surface area (Å²) < 4.78 is 5.07. The number of epoxide rings is 1. The van der Waals surface area contributed by atoms with Gasteiger partial charge in [-0.2, -0.15) is 0 Å². The van der Waals surface area contributed by atoms with Gasteiger partial charge in [0, 0.05) is 0 Å². The minimum atomic E-state index is -1.37. The summed E-state index contributed by atoms with van der Waals surface area (Å²) in [5, 5.41) is 0.370. The van der Waals surface area contributed by atoms with Crippen molar-refractivity contribution in [3.05, 3.63) is 0 Å². The van der Waals surface area contributed by atoms with E-state index in [-0.39, 0.29) is 6.10 Å². The van der Waals surface area contributed by atoms with Crippen LogP contribution < -0.4 is 0 Å². The highest BCUT2D eigenvalue weighted by molar-refractivity contribution is 6.87. The minimum absolute atomic E-state index is 0.263. The van der Waals surface area contributed by atoms with Crippen molar-refractivity contribution in [2.45, 2.75) is 45.0 Å². The Labute approximate surface area is 76.5 Å². The lowest BCUT2D eigenvalue weighted by molar-refractivity contribution is 0.445. The normalized spacial score (nSPS) is 22.9. The summed E-state index contributed by atoms with van der Waals surface area (Å²) in [6.45, 7) is 12.3. The summed E-state index contributed by atoms with van der Waals surface area (Å²) in [6.07, 6.45) is 0.263. The molecule has 0 radical (unpaired) electrons. The maximum Gasteiger partial charge on any atom is 0.141 e. The number of hydrogen-bond acceptors (Lipinski definition) is 1. The Morgan fingerprint density at radius 2 is 1.83 bits per heavy atom. The SMILES string of the molecule is CC(C)(C)[Si](C)(C)C#C[C@H]1CO1. The Kier molecular flexibility index (Phi) is 2.37. The van der Waals surface area contributed by atoms with E-state index < -0.39 is 8.07 Å². The standard InChI is InChI=1S/C10H18OSi/c1-10(2,3)12(4,5)7-6-9-8-11-9/h9H,8H2,1-5H3/t9-/m0/s1. The summed E-state index contributed by atoms with van der Waals surface area (Å²) in [5.41, 5.74) is 3.42. The van der Waals surface area contributed by atoms with Gasteiger partial charge in [0.15, 0.2) is 0 Å². The summed E-state index contributed by atoms with van der Waals surface area (Å²) in [5.74, 6) is 3.19. The van der Waals surface area contributed by atoms with Gasteiger partial charge in [0.25, 0.3) is 0 Å². The van der Waals surface area contributed by atoms with E-state index in [9.17, 15) is 0 Å². The van der Waals surface area contributed by atoms with Gasteiger partial charge in [-0.3, -0.25) is 0 Å². The van der Waals surface area contributed by atoms with Crippen molar-refractivity contribution in [3.63, 3.8) is 0 Å². The average Bonchev–Trinajstić information content (AvgIpc) is 2.62. The van der Waals surface area contributed by atoms with Crippen LogP contribution in [0.3, 0.4) is 0 Å². The molecule has 12 heavy (non-hydrogen) atoms. The first-order valence-electron chi connectivity index (χ1n) is 4.47. The van der Waals surface area contributed by atoms with Crippen LogP contribution >= 0.6 is 0 Å². The minimum Gasteiger partial charge on any atom is -0.359 e. The largest absolute Gasteiger partial charge is 0.359 e. The van der Waals surface area contributed by atoms with Crippen LogP contribution in [0.4, 0.5) is 0 Å². The molecular weight excluding hydrogens is 164 g/mol. The first-order chi connectivity index (χ1) is 5.33. The Hall–Kier alpha value is -0.263. The van der Waals surface area contributed by atoms with Crippen LogP contribution in [0.2, 0.25) is 18.1 Å². The lowest BCUT2D eigenvalue weighted by Crippen LogP contribution is -2.35. The van der Waals surface area contributed by atoms with Crippen molar-refractivity contribution < 1.29 is 4.74 Å². The summed E-state index contributed by atoms with van der Waals surface area (Å²) in [6, 6.07) is 0. The molecule has 68 valence electrons. The number of ether oxygens (including phenoxy) is 1. The second kappa shape index (κ2) is 2.90. The zero-order valence-corrected chi connectivity index (χ0v) is 9.69. The van der Waals surface area contributed by atoms with Crippen LogP contribution in [0.5, 0.6) is 0 Å². The predicted molar refractivity (Wildman–Crippen MR) is 54.7 cm³/mol. The van der Waals surface area contributed by atoms with Gasteiger partial charge in [-0.15, -0.1) is 5.54 Å². The molecule has 1 fully saturated rings. The third kappa shape index (κ3) is 2.36. The van der Waals surface area contributed by atoms with Gasteiger partial charge < -0.3 is 4.74 Å². The second-order valence-corrected chi connectivity index (χ2v) is 9.97. The van der Waals surface area contributed by atoms with Crippen molar-refractivity contribution in [2.24, 2.45) is 0 Å². The second-order valence-electron chi connectivity index (χ2n) is 4.97. The van der Waals surface area contributed by atoms with Crippen molar-refractivity contribution in [1.82, 2.24) is 0 Å². The van der Waals surface area contributed by atoms with Gasteiger partial charge in [-0.25, -0.2) is 0 Å². The van der Waals surface area contributed by atoms with Gasteiger partial charge in [-0.05, 0) is 5.04 Å². The fourth-order valence-corrected chi connectivity index (χ4v) is 1.48. The summed E-state index contributed by atoms with van der Waals surface area (Å²) in [7, 11) is -1.37. The maximum absolute atomic E-state index is 5.07. The van der Waals surface area contributed by atoms with Crippen molar-refractivity contribution >= 4 is 8.07 Å². The van der Waals surface area contributed by atoms with Crippen molar-refractivity contribution in [1.29, 1.82) is 0 Å². The van der Waals surface area contributed by atoms with Crippen LogP contribution in [-0.2, 0) is 4.74 Å². The number of rotatable bonds is 0. The molecule has 0 bridgehead atoms. The van der Waals surface area contributed by atoms with E-state index in [1.807, 2.05) is 0 Å². The van der Waals surface area contributed by atoms with E-state index in [0.29, 0.717) is 5.04 Å². The molecule has 0 amide bonds. The molecule has 1 atom stereocenters. The molecule has 1 aliphatic rings. The zero-order valence-electron chi connectivity index (χ0n) is 8.69. The van der Waals surface area contributed by atoms with E-state index in [1.54, 1.807) is 0 Å². The van der Waals surface area contributed by atoms with Gasteiger partial charge in [0.05, 0.1) is 6.61 Å². The summed E-state index contributed by atoms with van der Waals surface area (Å²) >= 11 is 0. The highest BCUT2D eigenvalue weighted by Gasteiger charge is 2.34.